The normalized spacial score (nSPS) is 15.0. The average Bonchev–Trinajstić information content (AvgIpc) is 2.70. The van der Waals surface area contributed by atoms with E-state index in [9.17, 15) is 31.7 Å². The molecule has 7 nitrogen and oxygen atoms in total. The van der Waals surface area contributed by atoms with Crippen molar-refractivity contribution >= 4 is 15.7 Å². The van der Waals surface area contributed by atoms with E-state index in [1.165, 1.54) is 11.1 Å². The summed E-state index contributed by atoms with van der Waals surface area (Å²) in [5, 5.41) is 11.1. The molecule has 1 aliphatic rings. The number of nitrogens with one attached hydrogen (secondary N) is 1. The highest BCUT2D eigenvalue weighted by Gasteiger charge is 2.35. The van der Waals surface area contributed by atoms with Crippen molar-refractivity contribution in [3.05, 3.63) is 69.3 Å². The molecule has 3 rings (SSSR count). The summed E-state index contributed by atoms with van der Waals surface area (Å²) in [5.41, 5.74) is 0.136. The zero-order valence-electron chi connectivity index (χ0n) is 15.9. The fraction of sp³-hybridized carbons (Fsp3) is 0.368. The maximum atomic E-state index is 12.8. The van der Waals surface area contributed by atoms with Gasteiger partial charge in [0, 0.05) is 25.7 Å². The van der Waals surface area contributed by atoms with Crippen LogP contribution in [0.3, 0.4) is 0 Å². The molecule has 0 radical (unpaired) electrons. The lowest BCUT2D eigenvalue weighted by molar-refractivity contribution is -0.388. The van der Waals surface area contributed by atoms with Crippen LogP contribution < -0.4 is 4.72 Å². The van der Waals surface area contributed by atoms with Crippen LogP contribution in [0.4, 0.5) is 18.9 Å². The minimum Gasteiger partial charge on any atom is -0.299 e. The molecule has 0 unspecified atom stereocenters. The SMILES string of the molecule is O=[N+]([O-])c1cc(C(F)(F)F)ccc1S(=O)(=O)NCCCN1CCc2ccccc2C1. The van der Waals surface area contributed by atoms with E-state index >= 15 is 0 Å². The lowest BCUT2D eigenvalue weighted by Crippen LogP contribution is -2.33. The molecule has 1 heterocycles. The van der Waals surface area contributed by atoms with Gasteiger partial charge >= 0.3 is 6.18 Å². The first kappa shape index (κ1) is 22.2. The molecule has 0 spiro atoms. The summed E-state index contributed by atoms with van der Waals surface area (Å²) in [4.78, 5) is 11.4. The molecular formula is C19H20F3N3O4S. The van der Waals surface area contributed by atoms with Crippen LogP contribution in [-0.2, 0) is 29.2 Å². The van der Waals surface area contributed by atoms with Gasteiger partial charge in [0.15, 0.2) is 4.90 Å². The van der Waals surface area contributed by atoms with Gasteiger partial charge in [0.05, 0.1) is 10.5 Å². The second-order valence-electron chi connectivity index (χ2n) is 6.98. The highest BCUT2D eigenvalue weighted by Crippen LogP contribution is 2.34. The quantitative estimate of drug-likeness (QED) is 0.403. The summed E-state index contributed by atoms with van der Waals surface area (Å²) >= 11 is 0. The Kier molecular flexibility index (Phi) is 6.44. The molecule has 2 aromatic rings. The van der Waals surface area contributed by atoms with Crippen LogP contribution in [0.5, 0.6) is 0 Å². The number of fused-ring (bicyclic) bond motifs is 1. The molecule has 1 aliphatic heterocycles. The average molecular weight is 443 g/mol. The standard InChI is InChI=1S/C19H20F3N3O4S/c20-19(21,22)16-6-7-18(17(12-16)25(26)27)30(28,29)23-9-3-10-24-11-8-14-4-1-2-5-15(14)13-24/h1-2,4-7,12,23H,3,8-11,13H2. The summed E-state index contributed by atoms with van der Waals surface area (Å²) in [6.07, 6.45) is -3.46. The smallest absolute Gasteiger partial charge is 0.299 e. The molecule has 0 amide bonds. The molecule has 0 bridgehead atoms. The van der Waals surface area contributed by atoms with Gasteiger partial charge < -0.3 is 0 Å². The van der Waals surface area contributed by atoms with Gasteiger partial charge in [-0.25, -0.2) is 13.1 Å². The summed E-state index contributed by atoms with van der Waals surface area (Å²) in [5.74, 6) is 0. The maximum Gasteiger partial charge on any atom is 0.416 e. The molecule has 1 N–H and O–H groups in total. The van der Waals surface area contributed by atoms with E-state index in [1.54, 1.807) is 0 Å². The maximum absolute atomic E-state index is 12.8. The van der Waals surface area contributed by atoms with E-state index in [0.717, 1.165) is 19.5 Å². The van der Waals surface area contributed by atoms with Crippen LogP contribution in [0.1, 0.15) is 23.1 Å². The van der Waals surface area contributed by atoms with Crippen LogP contribution in [0.15, 0.2) is 47.4 Å². The Hall–Kier alpha value is -2.50. The van der Waals surface area contributed by atoms with Gasteiger partial charge in [0.1, 0.15) is 0 Å². The van der Waals surface area contributed by atoms with E-state index in [-0.39, 0.29) is 12.6 Å². The Balaban J connectivity index is 1.61. The summed E-state index contributed by atoms with van der Waals surface area (Å²) in [7, 11) is -4.33. The zero-order valence-corrected chi connectivity index (χ0v) is 16.7. The Morgan fingerprint density at radius 3 is 2.50 bits per heavy atom. The molecule has 162 valence electrons. The van der Waals surface area contributed by atoms with Crippen molar-refractivity contribution in [2.24, 2.45) is 0 Å². The Morgan fingerprint density at radius 2 is 1.83 bits per heavy atom. The molecular weight excluding hydrogens is 423 g/mol. The van der Waals surface area contributed by atoms with Gasteiger partial charge in [0.2, 0.25) is 10.0 Å². The molecule has 0 aromatic heterocycles. The highest BCUT2D eigenvalue weighted by atomic mass is 32.2. The Labute approximate surface area is 171 Å². The van der Waals surface area contributed by atoms with Gasteiger partial charge in [-0.15, -0.1) is 0 Å². The van der Waals surface area contributed by atoms with Crippen molar-refractivity contribution < 1.29 is 26.5 Å². The van der Waals surface area contributed by atoms with E-state index in [0.29, 0.717) is 25.1 Å². The number of nitro benzene ring substituents is 1. The second kappa shape index (κ2) is 8.70. The Bertz CT molecular complexity index is 1040. The monoisotopic (exact) mass is 443 g/mol. The number of alkyl halides is 3. The van der Waals surface area contributed by atoms with Crippen molar-refractivity contribution in [1.82, 2.24) is 9.62 Å². The fourth-order valence-electron chi connectivity index (χ4n) is 3.40. The van der Waals surface area contributed by atoms with Crippen molar-refractivity contribution in [2.75, 3.05) is 19.6 Å². The molecule has 0 atom stereocenters. The molecule has 0 fully saturated rings. The highest BCUT2D eigenvalue weighted by molar-refractivity contribution is 7.89. The number of hydrogen-bond acceptors (Lipinski definition) is 5. The summed E-state index contributed by atoms with van der Waals surface area (Å²) in [6.45, 7) is 2.23. The first-order valence-corrected chi connectivity index (χ1v) is 10.7. The zero-order chi connectivity index (χ0) is 21.9. The third-order valence-corrected chi connectivity index (χ3v) is 6.43. The van der Waals surface area contributed by atoms with Crippen LogP contribution in [0.2, 0.25) is 0 Å². The lowest BCUT2D eigenvalue weighted by atomic mass is 10.00. The minimum absolute atomic E-state index is 0.0126. The fourth-order valence-corrected chi connectivity index (χ4v) is 4.62. The number of sulfonamides is 1. The Morgan fingerprint density at radius 1 is 1.13 bits per heavy atom. The van der Waals surface area contributed by atoms with Gasteiger partial charge in [-0.2, -0.15) is 13.2 Å². The predicted molar refractivity (Wildman–Crippen MR) is 103 cm³/mol. The number of nitro groups is 1. The van der Waals surface area contributed by atoms with Crippen LogP contribution in [-0.4, -0.2) is 37.9 Å². The first-order chi connectivity index (χ1) is 14.1. The van der Waals surface area contributed by atoms with Gasteiger partial charge in [-0.1, -0.05) is 24.3 Å². The van der Waals surface area contributed by atoms with Gasteiger partial charge in [-0.3, -0.25) is 15.0 Å². The number of nitrogens with zero attached hydrogens (tertiary/aromatic N) is 2. The largest absolute Gasteiger partial charge is 0.416 e. The number of halogens is 3. The van der Waals surface area contributed by atoms with E-state index < -0.39 is 37.3 Å². The van der Waals surface area contributed by atoms with Crippen molar-refractivity contribution in [1.29, 1.82) is 0 Å². The summed E-state index contributed by atoms with van der Waals surface area (Å²) < 4.78 is 65.4. The van der Waals surface area contributed by atoms with E-state index in [1.807, 2.05) is 18.2 Å². The van der Waals surface area contributed by atoms with E-state index in [4.69, 9.17) is 0 Å². The van der Waals surface area contributed by atoms with Gasteiger partial charge in [0.25, 0.3) is 5.69 Å². The molecule has 0 aliphatic carbocycles. The predicted octanol–water partition coefficient (Wildman–Crippen LogP) is 3.34. The topological polar surface area (TPSA) is 92.5 Å². The minimum atomic E-state index is -4.81. The number of hydrogen-bond donors (Lipinski definition) is 1. The van der Waals surface area contributed by atoms with E-state index in [2.05, 4.69) is 15.7 Å². The number of benzene rings is 2. The van der Waals surface area contributed by atoms with Crippen LogP contribution in [0, 0.1) is 10.1 Å². The molecule has 2 aromatic carbocycles. The van der Waals surface area contributed by atoms with Crippen molar-refractivity contribution in [3.8, 4) is 0 Å². The lowest BCUT2D eigenvalue weighted by Gasteiger charge is -2.28. The van der Waals surface area contributed by atoms with Crippen molar-refractivity contribution in [3.63, 3.8) is 0 Å². The third kappa shape index (κ3) is 5.15. The van der Waals surface area contributed by atoms with Gasteiger partial charge in [-0.05, 0) is 42.6 Å². The van der Waals surface area contributed by atoms with Crippen molar-refractivity contribution in [2.45, 2.75) is 30.5 Å². The third-order valence-electron chi connectivity index (χ3n) is 4.93. The second-order valence-corrected chi connectivity index (χ2v) is 8.72. The number of rotatable bonds is 7. The van der Waals surface area contributed by atoms with Crippen LogP contribution in [0.25, 0.3) is 0 Å². The first-order valence-electron chi connectivity index (χ1n) is 9.22. The van der Waals surface area contributed by atoms with Crippen LogP contribution >= 0.6 is 0 Å². The molecule has 11 heteroatoms. The molecule has 0 saturated heterocycles. The summed E-state index contributed by atoms with van der Waals surface area (Å²) in [6, 6.07) is 9.46. The molecule has 0 saturated carbocycles. The molecule has 30 heavy (non-hydrogen) atoms.